The highest BCUT2D eigenvalue weighted by molar-refractivity contribution is 9.10. The molecule has 0 fully saturated rings. The van der Waals surface area contributed by atoms with E-state index in [0.29, 0.717) is 0 Å². The van der Waals surface area contributed by atoms with Crippen molar-refractivity contribution in [2.75, 3.05) is 4.72 Å². The van der Waals surface area contributed by atoms with Gasteiger partial charge in [-0.25, -0.2) is 22.0 Å². The van der Waals surface area contributed by atoms with E-state index >= 15 is 0 Å². The molecular formula is C9H11BrN2O6S2. The Morgan fingerprint density at radius 2 is 1.90 bits per heavy atom. The minimum atomic E-state index is -4.14. The van der Waals surface area contributed by atoms with Crippen LogP contribution in [0.5, 0.6) is 0 Å². The van der Waals surface area contributed by atoms with Gasteiger partial charge >= 0.3 is 5.97 Å². The van der Waals surface area contributed by atoms with Crippen LogP contribution in [-0.4, -0.2) is 33.2 Å². The van der Waals surface area contributed by atoms with Crippen LogP contribution >= 0.6 is 15.9 Å². The van der Waals surface area contributed by atoms with E-state index in [0.717, 1.165) is 25.1 Å². The Labute approximate surface area is 124 Å². The molecule has 0 saturated heterocycles. The lowest BCUT2D eigenvalue weighted by Gasteiger charge is -2.13. The Kier molecular flexibility index (Phi) is 4.79. The molecule has 0 aliphatic heterocycles. The van der Waals surface area contributed by atoms with Gasteiger partial charge in [0.05, 0.1) is 10.6 Å². The summed E-state index contributed by atoms with van der Waals surface area (Å²) in [6.45, 7) is 1.01. The summed E-state index contributed by atoms with van der Waals surface area (Å²) in [5.74, 6) is -1.50. The molecule has 0 spiro atoms. The van der Waals surface area contributed by atoms with Crippen LogP contribution in [0.4, 0.5) is 5.69 Å². The van der Waals surface area contributed by atoms with Gasteiger partial charge in [-0.05, 0) is 41.1 Å². The fourth-order valence-corrected chi connectivity index (χ4v) is 3.36. The number of nitrogens with two attached hydrogens (primary N) is 1. The molecule has 0 bridgehead atoms. The number of hydrogen-bond acceptors (Lipinski definition) is 5. The first-order valence-corrected chi connectivity index (χ1v) is 8.90. The second kappa shape index (κ2) is 5.68. The number of sulfonamides is 2. The molecule has 0 aliphatic rings. The van der Waals surface area contributed by atoms with Crippen molar-refractivity contribution in [3.05, 3.63) is 22.7 Å². The highest BCUT2D eigenvalue weighted by atomic mass is 79.9. The predicted octanol–water partition coefficient (Wildman–Crippen LogP) is 0.311. The van der Waals surface area contributed by atoms with E-state index in [1.165, 1.54) is 0 Å². The van der Waals surface area contributed by atoms with Gasteiger partial charge in [0, 0.05) is 4.47 Å². The summed E-state index contributed by atoms with van der Waals surface area (Å²) in [5.41, 5.74) is 0.00509. The van der Waals surface area contributed by atoms with E-state index in [1.54, 1.807) is 0 Å². The Balaban J connectivity index is 3.16. The number of hydrogen-bond donors (Lipinski definition) is 3. The van der Waals surface area contributed by atoms with Crippen LogP contribution in [0, 0.1) is 0 Å². The first kappa shape index (κ1) is 16.9. The largest absolute Gasteiger partial charge is 0.480 e. The molecule has 1 aromatic carbocycles. The van der Waals surface area contributed by atoms with E-state index in [1.807, 2.05) is 0 Å². The van der Waals surface area contributed by atoms with Gasteiger partial charge in [0.25, 0.3) is 0 Å². The number of rotatable bonds is 5. The lowest BCUT2D eigenvalue weighted by molar-refractivity contribution is -0.136. The van der Waals surface area contributed by atoms with Crippen molar-refractivity contribution in [2.24, 2.45) is 5.14 Å². The van der Waals surface area contributed by atoms with E-state index in [2.05, 4.69) is 20.7 Å². The molecule has 20 heavy (non-hydrogen) atoms. The van der Waals surface area contributed by atoms with Crippen molar-refractivity contribution >= 4 is 47.6 Å². The molecule has 0 saturated carbocycles. The Morgan fingerprint density at radius 1 is 1.35 bits per heavy atom. The van der Waals surface area contributed by atoms with Crippen molar-refractivity contribution in [1.82, 2.24) is 0 Å². The summed E-state index contributed by atoms with van der Waals surface area (Å²) in [4.78, 5) is 10.5. The molecule has 1 unspecified atom stereocenters. The number of carboxylic acid groups (broad SMARTS) is 1. The van der Waals surface area contributed by atoms with E-state index in [-0.39, 0.29) is 15.1 Å². The van der Waals surface area contributed by atoms with Crippen LogP contribution in [-0.2, 0) is 24.8 Å². The zero-order chi connectivity index (χ0) is 15.7. The van der Waals surface area contributed by atoms with Crippen LogP contribution < -0.4 is 9.86 Å². The van der Waals surface area contributed by atoms with Crippen LogP contribution in [0.15, 0.2) is 27.6 Å². The molecule has 0 aromatic heterocycles. The van der Waals surface area contributed by atoms with Crippen LogP contribution in [0.3, 0.4) is 0 Å². The maximum atomic E-state index is 11.7. The maximum absolute atomic E-state index is 11.7. The molecular weight excluding hydrogens is 376 g/mol. The summed E-state index contributed by atoms with van der Waals surface area (Å²) >= 11 is 2.98. The van der Waals surface area contributed by atoms with Gasteiger partial charge in [-0.1, -0.05) is 0 Å². The Hall–Kier alpha value is -1.17. The number of aliphatic carboxylic acids is 1. The molecule has 0 aliphatic carbocycles. The third kappa shape index (κ3) is 3.91. The minimum absolute atomic E-state index is 0.00509. The number of halogens is 1. The molecule has 11 heteroatoms. The highest BCUT2D eigenvalue weighted by Crippen LogP contribution is 2.26. The zero-order valence-corrected chi connectivity index (χ0v) is 13.3. The van der Waals surface area contributed by atoms with Gasteiger partial charge in [0.2, 0.25) is 20.0 Å². The van der Waals surface area contributed by atoms with Gasteiger partial charge in [0.15, 0.2) is 5.25 Å². The first-order chi connectivity index (χ1) is 8.95. The standard InChI is InChI=1S/C9H11BrN2O6S2/c1-5(9(13)14)20(17,18)12-8-3-2-6(4-7(8)10)19(11,15)16/h2-5,12H,1H3,(H,13,14)(H2,11,15,16). The van der Waals surface area contributed by atoms with Gasteiger partial charge in [-0.15, -0.1) is 0 Å². The fourth-order valence-electron chi connectivity index (χ4n) is 1.13. The Bertz CT molecular complexity index is 744. The molecule has 0 heterocycles. The topological polar surface area (TPSA) is 144 Å². The molecule has 0 radical (unpaired) electrons. The summed E-state index contributed by atoms with van der Waals surface area (Å²) in [6, 6.07) is 3.37. The predicted molar refractivity (Wildman–Crippen MR) is 75.2 cm³/mol. The third-order valence-electron chi connectivity index (χ3n) is 2.33. The molecule has 112 valence electrons. The molecule has 4 N–H and O–H groups in total. The maximum Gasteiger partial charge on any atom is 0.323 e. The fraction of sp³-hybridized carbons (Fsp3) is 0.222. The van der Waals surface area contributed by atoms with Crippen LogP contribution in [0.1, 0.15) is 6.92 Å². The van der Waals surface area contributed by atoms with Gasteiger partial charge in [-0.2, -0.15) is 0 Å². The third-order valence-corrected chi connectivity index (χ3v) is 5.54. The summed E-state index contributed by atoms with van der Waals surface area (Å²) in [5, 5.41) is 12.0. The van der Waals surface area contributed by atoms with Crippen molar-refractivity contribution in [3.63, 3.8) is 0 Å². The number of carboxylic acids is 1. The summed E-state index contributed by atoms with van der Waals surface area (Å²) < 4.78 is 47.9. The monoisotopic (exact) mass is 386 g/mol. The van der Waals surface area contributed by atoms with Gasteiger partial charge < -0.3 is 5.11 Å². The minimum Gasteiger partial charge on any atom is -0.480 e. The second-order valence-electron chi connectivity index (χ2n) is 3.81. The number of benzene rings is 1. The SMILES string of the molecule is CC(C(=O)O)S(=O)(=O)Nc1ccc(S(N)(=O)=O)cc1Br. The van der Waals surface area contributed by atoms with Crippen LogP contribution in [0.2, 0.25) is 0 Å². The second-order valence-corrected chi connectivity index (χ2v) is 8.23. The van der Waals surface area contributed by atoms with Crippen molar-refractivity contribution in [3.8, 4) is 0 Å². The molecule has 1 aromatic rings. The first-order valence-electron chi connectivity index (χ1n) is 5.02. The summed E-state index contributed by atoms with van der Waals surface area (Å²) in [7, 11) is -8.06. The van der Waals surface area contributed by atoms with Crippen molar-refractivity contribution in [2.45, 2.75) is 17.1 Å². The van der Waals surface area contributed by atoms with E-state index in [9.17, 15) is 21.6 Å². The van der Waals surface area contributed by atoms with E-state index < -0.39 is 31.3 Å². The molecule has 8 nitrogen and oxygen atoms in total. The summed E-state index contributed by atoms with van der Waals surface area (Å²) in [6.07, 6.45) is 0. The average molecular weight is 387 g/mol. The highest BCUT2D eigenvalue weighted by Gasteiger charge is 2.28. The number of carbonyl (C=O) groups is 1. The zero-order valence-electron chi connectivity index (χ0n) is 10.1. The lowest BCUT2D eigenvalue weighted by atomic mass is 10.3. The van der Waals surface area contributed by atoms with E-state index in [4.69, 9.17) is 10.2 Å². The lowest BCUT2D eigenvalue weighted by Crippen LogP contribution is -2.32. The number of anilines is 1. The Morgan fingerprint density at radius 3 is 2.30 bits per heavy atom. The number of nitrogens with one attached hydrogen (secondary N) is 1. The van der Waals surface area contributed by atoms with Crippen LogP contribution in [0.25, 0.3) is 0 Å². The molecule has 1 atom stereocenters. The average Bonchev–Trinajstić information content (AvgIpc) is 2.29. The number of primary sulfonamides is 1. The van der Waals surface area contributed by atoms with Gasteiger partial charge in [-0.3, -0.25) is 9.52 Å². The molecule has 1 rings (SSSR count). The quantitative estimate of drug-likeness (QED) is 0.663. The van der Waals surface area contributed by atoms with Gasteiger partial charge in [0.1, 0.15) is 0 Å². The van der Waals surface area contributed by atoms with Crippen molar-refractivity contribution < 1.29 is 26.7 Å². The normalized spacial score (nSPS) is 13.8. The van der Waals surface area contributed by atoms with Crippen molar-refractivity contribution in [1.29, 1.82) is 0 Å². The smallest absolute Gasteiger partial charge is 0.323 e. The molecule has 0 amide bonds.